The summed E-state index contributed by atoms with van der Waals surface area (Å²) in [5.41, 5.74) is 1.74. The third-order valence-corrected chi connectivity index (χ3v) is 5.78. The minimum absolute atomic E-state index is 0.140. The number of hydrogen-bond acceptors (Lipinski definition) is 5. The number of rotatable bonds is 5. The molecule has 0 fully saturated rings. The van der Waals surface area contributed by atoms with Crippen LogP contribution in [0.3, 0.4) is 0 Å². The second kappa shape index (κ2) is 6.78. The number of nitrogens with one attached hydrogen (secondary N) is 1. The van der Waals surface area contributed by atoms with E-state index in [2.05, 4.69) is 22.2 Å². The van der Waals surface area contributed by atoms with Crippen LogP contribution < -0.4 is 5.32 Å². The first-order valence-corrected chi connectivity index (χ1v) is 9.68. The van der Waals surface area contributed by atoms with Gasteiger partial charge in [0.25, 0.3) is 5.91 Å². The van der Waals surface area contributed by atoms with E-state index in [-0.39, 0.29) is 5.91 Å². The summed E-state index contributed by atoms with van der Waals surface area (Å²) in [4.78, 5) is 22.6. The van der Waals surface area contributed by atoms with Gasteiger partial charge in [0.15, 0.2) is 10.3 Å². The number of fused-ring (bicyclic) bond motifs is 1. The quantitative estimate of drug-likeness (QED) is 0.553. The van der Waals surface area contributed by atoms with Crippen molar-refractivity contribution in [3.05, 3.63) is 59.4 Å². The highest BCUT2D eigenvalue weighted by Gasteiger charge is 2.19. The normalized spacial score (nSPS) is 11.1. The van der Waals surface area contributed by atoms with E-state index in [1.807, 2.05) is 53.4 Å². The zero-order chi connectivity index (χ0) is 17.2. The molecule has 0 saturated carbocycles. The fraction of sp³-hybridized carbons (Fsp3) is 0.167. The molecule has 1 amide bonds. The van der Waals surface area contributed by atoms with E-state index in [0.717, 1.165) is 33.9 Å². The molecule has 0 spiro atoms. The molecular weight excluding hydrogens is 352 g/mol. The number of nitrogens with zero attached hydrogens (tertiary/aromatic N) is 3. The van der Waals surface area contributed by atoms with Crippen LogP contribution in [0.15, 0.2) is 48.8 Å². The third-order valence-electron chi connectivity index (χ3n) is 3.72. The highest BCUT2D eigenvalue weighted by molar-refractivity contribution is 7.22. The molecule has 5 nitrogen and oxygen atoms in total. The van der Waals surface area contributed by atoms with Gasteiger partial charge in [0.2, 0.25) is 0 Å². The van der Waals surface area contributed by atoms with Gasteiger partial charge >= 0.3 is 0 Å². The largest absolute Gasteiger partial charge is 0.300 e. The molecule has 0 aliphatic rings. The lowest BCUT2D eigenvalue weighted by Gasteiger charge is -2.00. The molecule has 0 unspecified atom stereocenters. The number of hydrogen-bond donors (Lipinski definition) is 1. The van der Waals surface area contributed by atoms with Crippen molar-refractivity contribution in [1.29, 1.82) is 0 Å². The van der Waals surface area contributed by atoms with Gasteiger partial charge in [-0.2, -0.15) is 0 Å². The summed E-state index contributed by atoms with van der Waals surface area (Å²) in [5, 5.41) is 4.36. The van der Waals surface area contributed by atoms with Crippen molar-refractivity contribution < 1.29 is 4.79 Å². The number of carbonyl (C=O) groups is 1. The van der Waals surface area contributed by atoms with Crippen LogP contribution in [0.25, 0.3) is 15.3 Å². The molecule has 0 atom stereocenters. The molecule has 1 N–H and O–H groups in total. The highest BCUT2D eigenvalue weighted by atomic mass is 32.1. The van der Waals surface area contributed by atoms with Gasteiger partial charge in [0.1, 0.15) is 4.88 Å². The smallest absolute Gasteiger partial charge is 0.269 e. The molecule has 126 valence electrons. The number of amides is 1. The van der Waals surface area contributed by atoms with Crippen LogP contribution >= 0.6 is 22.7 Å². The monoisotopic (exact) mass is 368 g/mol. The molecule has 0 radical (unpaired) electrons. The van der Waals surface area contributed by atoms with Crippen LogP contribution in [-0.2, 0) is 6.42 Å². The van der Waals surface area contributed by atoms with Crippen molar-refractivity contribution >= 4 is 43.9 Å². The maximum absolute atomic E-state index is 12.8. The van der Waals surface area contributed by atoms with Gasteiger partial charge in [-0.15, -0.1) is 0 Å². The summed E-state index contributed by atoms with van der Waals surface area (Å²) in [6.45, 7) is 2.09. The van der Waals surface area contributed by atoms with Gasteiger partial charge < -0.3 is 4.57 Å². The molecule has 1 aromatic carbocycles. The minimum Gasteiger partial charge on any atom is -0.300 e. The first-order valence-electron chi connectivity index (χ1n) is 8.04. The fourth-order valence-electron chi connectivity index (χ4n) is 2.57. The zero-order valence-electron chi connectivity index (χ0n) is 13.6. The van der Waals surface area contributed by atoms with Gasteiger partial charge in [-0.25, -0.2) is 9.97 Å². The van der Waals surface area contributed by atoms with Crippen molar-refractivity contribution in [1.82, 2.24) is 14.5 Å². The van der Waals surface area contributed by atoms with E-state index >= 15 is 0 Å². The van der Waals surface area contributed by atoms with Gasteiger partial charge in [-0.05, 0) is 30.7 Å². The van der Waals surface area contributed by atoms with E-state index in [4.69, 9.17) is 0 Å². The van der Waals surface area contributed by atoms with Crippen molar-refractivity contribution in [3.63, 3.8) is 0 Å². The second-order valence-corrected chi connectivity index (χ2v) is 7.56. The van der Waals surface area contributed by atoms with Gasteiger partial charge in [-0.3, -0.25) is 10.1 Å². The van der Waals surface area contributed by atoms with Gasteiger partial charge in [0, 0.05) is 12.4 Å². The summed E-state index contributed by atoms with van der Waals surface area (Å²) >= 11 is 2.89. The van der Waals surface area contributed by atoms with Crippen LogP contribution in [0.5, 0.6) is 0 Å². The molecule has 3 aromatic heterocycles. The Bertz CT molecular complexity index is 984. The molecule has 4 aromatic rings. The topological polar surface area (TPSA) is 59.8 Å². The van der Waals surface area contributed by atoms with E-state index in [1.165, 1.54) is 22.7 Å². The fourth-order valence-corrected chi connectivity index (χ4v) is 4.41. The van der Waals surface area contributed by atoms with Crippen molar-refractivity contribution in [3.8, 4) is 5.13 Å². The number of thiazole rings is 2. The summed E-state index contributed by atoms with van der Waals surface area (Å²) in [6, 6.07) is 11.8. The summed E-state index contributed by atoms with van der Waals surface area (Å²) < 4.78 is 2.99. The summed E-state index contributed by atoms with van der Waals surface area (Å²) in [6.07, 6.45) is 5.59. The van der Waals surface area contributed by atoms with Crippen LogP contribution in [0.4, 0.5) is 5.13 Å². The first kappa shape index (κ1) is 16.0. The molecule has 25 heavy (non-hydrogen) atoms. The lowest BCUT2D eigenvalue weighted by Crippen LogP contribution is -2.12. The Morgan fingerprint density at radius 1 is 1.12 bits per heavy atom. The average molecular weight is 368 g/mol. The van der Waals surface area contributed by atoms with E-state index in [1.54, 1.807) is 0 Å². The Hall–Kier alpha value is -2.51. The predicted molar refractivity (Wildman–Crippen MR) is 103 cm³/mol. The van der Waals surface area contributed by atoms with Gasteiger partial charge in [-0.1, -0.05) is 48.2 Å². The number of para-hydroxylation sites is 1. The SMILES string of the molecule is CCCc1nc(-n2cccc2)sc1C(=O)Nc1nc2ccccc2s1. The van der Waals surface area contributed by atoms with Crippen molar-refractivity contribution in [2.45, 2.75) is 19.8 Å². The lowest BCUT2D eigenvalue weighted by atomic mass is 10.2. The number of anilines is 1. The Balaban J connectivity index is 1.64. The van der Waals surface area contributed by atoms with Crippen LogP contribution in [0.2, 0.25) is 0 Å². The Morgan fingerprint density at radius 3 is 2.68 bits per heavy atom. The molecule has 7 heteroatoms. The van der Waals surface area contributed by atoms with Crippen molar-refractivity contribution in [2.24, 2.45) is 0 Å². The number of aromatic nitrogens is 3. The second-order valence-electron chi connectivity index (χ2n) is 5.55. The maximum atomic E-state index is 12.8. The van der Waals surface area contributed by atoms with E-state index in [0.29, 0.717) is 10.0 Å². The Labute approximate surface area is 153 Å². The molecule has 3 heterocycles. The Kier molecular flexibility index (Phi) is 4.33. The molecule has 4 rings (SSSR count). The standard InChI is InChI=1S/C18H16N4OS2/c1-2-7-13-15(25-18(20-13)22-10-5-6-11-22)16(23)21-17-19-12-8-3-4-9-14(12)24-17/h3-6,8-11H,2,7H2,1H3,(H,19,21,23). The Morgan fingerprint density at radius 2 is 1.92 bits per heavy atom. The number of benzene rings is 1. The van der Waals surface area contributed by atoms with Crippen LogP contribution in [0.1, 0.15) is 28.7 Å². The van der Waals surface area contributed by atoms with Crippen molar-refractivity contribution in [2.75, 3.05) is 5.32 Å². The van der Waals surface area contributed by atoms with E-state index < -0.39 is 0 Å². The summed E-state index contributed by atoms with van der Waals surface area (Å²) in [5.74, 6) is -0.140. The lowest BCUT2D eigenvalue weighted by molar-refractivity contribution is 0.102. The highest BCUT2D eigenvalue weighted by Crippen LogP contribution is 2.28. The van der Waals surface area contributed by atoms with Crippen LogP contribution in [-0.4, -0.2) is 20.4 Å². The zero-order valence-corrected chi connectivity index (χ0v) is 15.2. The molecule has 0 aliphatic heterocycles. The average Bonchev–Trinajstić information content (AvgIpc) is 3.33. The number of aryl methyl sites for hydroxylation is 1. The van der Waals surface area contributed by atoms with Gasteiger partial charge in [0.05, 0.1) is 15.9 Å². The maximum Gasteiger partial charge on any atom is 0.269 e. The molecule has 0 saturated heterocycles. The third kappa shape index (κ3) is 3.20. The molecular formula is C18H16N4OS2. The van der Waals surface area contributed by atoms with Crippen LogP contribution in [0, 0.1) is 0 Å². The number of carbonyl (C=O) groups excluding carboxylic acids is 1. The first-order chi connectivity index (χ1) is 12.2. The molecule has 0 aliphatic carbocycles. The summed E-state index contributed by atoms with van der Waals surface area (Å²) in [7, 11) is 0. The predicted octanol–water partition coefficient (Wildman–Crippen LogP) is 4.75. The van der Waals surface area contributed by atoms with E-state index in [9.17, 15) is 4.79 Å². The molecule has 0 bridgehead atoms. The minimum atomic E-state index is -0.140.